The van der Waals surface area contributed by atoms with Gasteiger partial charge < -0.3 is 4.74 Å². The molecule has 0 aromatic carbocycles. The Hall–Kier alpha value is -1.89. The fourth-order valence-corrected chi connectivity index (χ4v) is 4.45. The lowest BCUT2D eigenvalue weighted by molar-refractivity contribution is -0.241. The molecule has 2 aromatic heterocycles. The van der Waals surface area contributed by atoms with E-state index in [-0.39, 0.29) is 37.8 Å². The summed E-state index contributed by atoms with van der Waals surface area (Å²) in [5.41, 5.74) is -0.545. The Labute approximate surface area is 160 Å². The Bertz CT molecular complexity index is 749. The van der Waals surface area contributed by atoms with E-state index in [1.165, 1.54) is 0 Å². The Balaban J connectivity index is 1.59. The summed E-state index contributed by atoms with van der Waals surface area (Å²) in [5, 5.41) is 1.96. The van der Waals surface area contributed by atoms with Crippen LogP contribution in [0.4, 0.5) is 13.2 Å². The Morgan fingerprint density at radius 1 is 1.30 bits per heavy atom. The number of pyridine rings is 1. The largest absolute Gasteiger partial charge is 0.458 e. The number of carbonyl (C=O) groups is 1. The molecule has 0 spiro atoms. The highest BCUT2D eigenvalue weighted by Gasteiger charge is 2.55. The molecule has 3 nitrogen and oxygen atoms in total. The van der Waals surface area contributed by atoms with Crippen molar-refractivity contribution >= 4 is 17.3 Å². The molecule has 2 heterocycles. The van der Waals surface area contributed by atoms with Crippen molar-refractivity contribution in [2.24, 2.45) is 5.41 Å². The lowest BCUT2D eigenvalue weighted by Crippen LogP contribution is -2.43. The second-order valence-electron chi connectivity index (χ2n) is 7.04. The van der Waals surface area contributed by atoms with Crippen LogP contribution < -0.4 is 0 Å². The summed E-state index contributed by atoms with van der Waals surface area (Å²) in [7, 11) is 0. The van der Waals surface area contributed by atoms with Gasteiger partial charge in [0.2, 0.25) is 0 Å². The third kappa shape index (κ3) is 4.34. The van der Waals surface area contributed by atoms with Crippen LogP contribution in [-0.2, 0) is 4.74 Å². The van der Waals surface area contributed by atoms with E-state index in [2.05, 4.69) is 4.98 Å². The first kappa shape index (κ1) is 19.9. The molecule has 146 valence electrons. The molecule has 0 radical (unpaired) electrons. The van der Waals surface area contributed by atoms with Crippen LogP contribution in [0.15, 0.2) is 35.8 Å². The van der Waals surface area contributed by atoms with Crippen molar-refractivity contribution in [2.45, 2.75) is 57.7 Å². The van der Waals surface area contributed by atoms with Gasteiger partial charge in [0.05, 0.1) is 5.41 Å². The summed E-state index contributed by atoms with van der Waals surface area (Å²) in [4.78, 5) is 17.5. The lowest BCUT2D eigenvalue weighted by atomic mass is 9.70. The summed E-state index contributed by atoms with van der Waals surface area (Å²) >= 11 is 1.58. The van der Waals surface area contributed by atoms with E-state index in [9.17, 15) is 18.0 Å². The van der Waals surface area contributed by atoms with Crippen molar-refractivity contribution in [2.75, 3.05) is 0 Å². The Morgan fingerprint density at radius 3 is 2.56 bits per heavy atom. The number of thiophene rings is 1. The number of hydrogen-bond acceptors (Lipinski definition) is 4. The van der Waals surface area contributed by atoms with Gasteiger partial charge >= 0.3 is 12.1 Å². The third-order valence-corrected chi connectivity index (χ3v) is 6.19. The van der Waals surface area contributed by atoms with Crippen LogP contribution in [0, 0.1) is 5.41 Å². The Kier molecular flexibility index (Phi) is 5.89. The molecule has 0 atom stereocenters. The zero-order valence-electron chi connectivity index (χ0n) is 15.1. The first-order valence-electron chi connectivity index (χ1n) is 9.12. The highest BCUT2D eigenvalue weighted by Crippen LogP contribution is 2.52. The molecule has 1 saturated carbocycles. The number of carbonyl (C=O) groups excluding carboxylic acids is 1. The second-order valence-corrected chi connectivity index (χ2v) is 7.99. The summed E-state index contributed by atoms with van der Waals surface area (Å²) in [6, 6.07) is 7.29. The standard InChI is InChI=1S/C20H22F3NO2S/c1-2-9-19(20(21,22)23)10-7-15(8-11-19)26-18(25)16-6-5-14(13-24-16)17-4-3-12-27-17/h3-6,12-13,15H,2,7-11H2,1H3. The summed E-state index contributed by atoms with van der Waals surface area (Å²) in [6.07, 6.45) is -1.98. The van der Waals surface area contributed by atoms with Crippen molar-refractivity contribution in [3.63, 3.8) is 0 Å². The first-order valence-corrected chi connectivity index (χ1v) is 10.0. The minimum absolute atomic E-state index is 0.00698. The predicted molar refractivity (Wildman–Crippen MR) is 98.6 cm³/mol. The number of halogens is 3. The van der Waals surface area contributed by atoms with Gasteiger partial charge in [-0.3, -0.25) is 0 Å². The normalized spacial score (nSPS) is 23.2. The highest BCUT2D eigenvalue weighted by molar-refractivity contribution is 7.13. The average Bonchev–Trinajstić information content (AvgIpc) is 3.17. The number of aromatic nitrogens is 1. The van der Waals surface area contributed by atoms with E-state index in [0.29, 0.717) is 6.42 Å². The number of ether oxygens (including phenoxy) is 1. The molecule has 1 aliphatic rings. The lowest BCUT2D eigenvalue weighted by Gasteiger charge is -2.41. The smallest absolute Gasteiger partial charge is 0.394 e. The van der Waals surface area contributed by atoms with Crippen molar-refractivity contribution in [1.29, 1.82) is 0 Å². The minimum atomic E-state index is -4.21. The van der Waals surface area contributed by atoms with E-state index in [4.69, 9.17) is 4.74 Å². The van der Waals surface area contributed by atoms with Gasteiger partial charge in [0.1, 0.15) is 11.8 Å². The topological polar surface area (TPSA) is 39.2 Å². The monoisotopic (exact) mass is 397 g/mol. The predicted octanol–water partition coefficient (Wildman–Crippen LogP) is 6.26. The molecule has 0 saturated heterocycles. The van der Waals surface area contributed by atoms with Crippen molar-refractivity contribution < 1.29 is 22.7 Å². The number of nitrogens with zero attached hydrogens (tertiary/aromatic N) is 1. The molecule has 0 unspecified atom stereocenters. The average molecular weight is 397 g/mol. The molecule has 27 heavy (non-hydrogen) atoms. The van der Waals surface area contributed by atoms with E-state index >= 15 is 0 Å². The van der Waals surface area contributed by atoms with Gasteiger partial charge in [0, 0.05) is 16.6 Å². The van der Waals surface area contributed by atoms with E-state index in [0.717, 1.165) is 10.4 Å². The van der Waals surface area contributed by atoms with E-state index in [1.54, 1.807) is 36.6 Å². The first-order chi connectivity index (χ1) is 12.8. The van der Waals surface area contributed by atoms with Crippen LogP contribution in [-0.4, -0.2) is 23.2 Å². The number of esters is 1. The summed E-state index contributed by atoms with van der Waals surface area (Å²) < 4.78 is 45.9. The van der Waals surface area contributed by atoms with Crippen molar-refractivity contribution in [3.8, 4) is 10.4 Å². The van der Waals surface area contributed by atoms with Crippen LogP contribution >= 0.6 is 11.3 Å². The van der Waals surface area contributed by atoms with Gasteiger partial charge in [-0.25, -0.2) is 9.78 Å². The fraction of sp³-hybridized carbons (Fsp3) is 0.500. The summed E-state index contributed by atoms with van der Waals surface area (Å²) in [6.45, 7) is 1.77. The molecule has 0 amide bonds. The van der Waals surface area contributed by atoms with Gasteiger partial charge in [-0.1, -0.05) is 19.4 Å². The molecule has 7 heteroatoms. The summed E-state index contributed by atoms with van der Waals surface area (Å²) in [5.74, 6) is -0.576. The van der Waals surface area contributed by atoms with Crippen LogP contribution in [0.25, 0.3) is 10.4 Å². The molecule has 0 N–H and O–H groups in total. The van der Waals surface area contributed by atoms with Crippen molar-refractivity contribution in [3.05, 3.63) is 41.5 Å². The zero-order chi connectivity index (χ0) is 19.5. The fourth-order valence-electron chi connectivity index (χ4n) is 3.73. The number of alkyl halides is 3. The van der Waals surface area contributed by atoms with Crippen LogP contribution in [0.3, 0.4) is 0 Å². The zero-order valence-corrected chi connectivity index (χ0v) is 15.9. The second kappa shape index (κ2) is 8.00. The maximum absolute atomic E-state index is 13.5. The van der Waals surface area contributed by atoms with E-state index in [1.807, 2.05) is 17.5 Å². The van der Waals surface area contributed by atoms with Crippen molar-refractivity contribution in [1.82, 2.24) is 4.98 Å². The molecular formula is C20H22F3NO2S. The van der Waals surface area contributed by atoms with Gasteiger partial charge in [-0.2, -0.15) is 13.2 Å². The third-order valence-electron chi connectivity index (χ3n) is 5.27. The van der Waals surface area contributed by atoms with Crippen LogP contribution in [0.5, 0.6) is 0 Å². The molecule has 2 aromatic rings. The number of hydrogen-bond donors (Lipinski definition) is 0. The van der Waals surface area contributed by atoms with Crippen LogP contribution in [0.1, 0.15) is 55.9 Å². The highest BCUT2D eigenvalue weighted by atomic mass is 32.1. The molecule has 1 aliphatic carbocycles. The molecular weight excluding hydrogens is 375 g/mol. The molecule has 3 rings (SSSR count). The van der Waals surface area contributed by atoms with Gasteiger partial charge in [-0.15, -0.1) is 11.3 Å². The quantitative estimate of drug-likeness (QED) is 0.559. The number of rotatable bonds is 5. The van der Waals surface area contributed by atoms with Gasteiger partial charge in [0.25, 0.3) is 0 Å². The Morgan fingerprint density at radius 2 is 2.04 bits per heavy atom. The molecule has 1 fully saturated rings. The van der Waals surface area contributed by atoms with Gasteiger partial charge in [-0.05, 0) is 55.7 Å². The maximum atomic E-state index is 13.5. The maximum Gasteiger partial charge on any atom is 0.394 e. The van der Waals surface area contributed by atoms with Crippen LogP contribution in [0.2, 0.25) is 0 Å². The van der Waals surface area contributed by atoms with E-state index < -0.39 is 23.7 Å². The van der Waals surface area contributed by atoms with Gasteiger partial charge in [0.15, 0.2) is 0 Å². The SMILES string of the molecule is CCCC1(C(F)(F)F)CCC(OC(=O)c2ccc(-c3cccs3)cn2)CC1. The molecule has 0 aliphatic heterocycles. The minimum Gasteiger partial charge on any atom is -0.458 e. The molecule has 0 bridgehead atoms.